The minimum atomic E-state index is -2.95. The summed E-state index contributed by atoms with van der Waals surface area (Å²) in [5.41, 5.74) is 0.139. The Morgan fingerprint density at radius 2 is 2.07 bits per heavy atom. The smallest absolute Gasteiger partial charge is 0.264 e. The lowest BCUT2D eigenvalue weighted by molar-refractivity contribution is -0.0171. The number of nitrogens with zero attached hydrogens (tertiary/aromatic N) is 1. The van der Waals surface area contributed by atoms with Crippen LogP contribution in [0.15, 0.2) is 18.5 Å². The van der Waals surface area contributed by atoms with Crippen molar-refractivity contribution < 1.29 is 13.2 Å². The van der Waals surface area contributed by atoms with Crippen LogP contribution in [0, 0.1) is 5.82 Å². The van der Waals surface area contributed by atoms with Crippen molar-refractivity contribution in [2.24, 2.45) is 0 Å². The Labute approximate surface area is 80.2 Å². The van der Waals surface area contributed by atoms with Gasteiger partial charge in [0.25, 0.3) is 5.92 Å². The molecular formula is C9H11F3N2. The molecule has 1 atom stereocenters. The number of pyridine rings is 1. The molecule has 1 heterocycles. The molecule has 0 saturated heterocycles. The Bertz CT molecular complexity index is 309. The Balaban J connectivity index is 3.01. The fourth-order valence-electron chi connectivity index (χ4n) is 1.30. The summed E-state index contributed by atoms with van der Waals surface area (Å²) in [6.07, 6.45) is 2.20. The quantitative estimate of drug-likeness (QED) is 0.815. The molecule has 0 aliphatic carbocycles. The van der Waals surface area contributed by atoms with E-state index in [0.29, 0.717) is 0 Å². The highest BCUT2D eigenvalue weighted by atomic mass is 19.3. The first-order valence-electron chi connectivity index (χ1n) is 4.10. The second kappa shape index (κ2) is 3.96. The van der Waals surface area contributed by atoms with Crippen LogP contribution in [-0.2, 0) is 0 Å². The summed E-state index contributed by atoms with van der Waals surface area (Å²) in [4.78, 5) is 3.52. The van der Waals surface area contributed by atoms with Gasteiger partial charge in [0.2, 0.25) is 0 Å². The molecule has 1 aromatic rings. The number of halogens is 3. The molecule has 14 heavy (non-hydrogen) atoms. The maximum absolute atomic E-state index is 13.0. The maximum atomic E-state index is 13.0. The van der Waals surface area contributed by atoms with Crippen LogP contribution in [0.3, 0.4) is 0 Å². The summed E-state index contributed by atoms with van der Waals surface area (Å²) in [5.74, 6) is -3.57. The van der Waals surface area contributed by atoms with E-state index in [9.17, 15) is 13.2 Å². The zero-order valence-corrected chi connectivity index (χ0v) is 7.89. The van der Waals surface area contributed by atoms with Crippen LogP contribution in [0.1, 0.15) is 18.5 Å². The maximum Gasteiger partial charge on any atom is 0.264 e. The standard InChI is InChI=1S/C9H11F3N2/c1-9(11,12)8(13-2)6-3-7(10)5-14-4-6/h3-5,8,13H,1-2H3. The third-order valence-electron chi connectivity index (χ3n) is 1.85. The summed E-state index contributed by atoms with van der Waals surface area (Å²) in [6.45, 7) is 0.777. The molecule has 1 N–H and O–H groups in total. The van der Waals surface area contributed by atoms with E-state index >= 15 is 0 Å². The number of hydrogen-bond acceptors (Lipinski definition) is 2. The molecule has 0 saturated carbocycles. The summed E-state index contributed by atoms with van der Waals surface area (Å²) in [7, 11) is 1.40. The van der Waals surface area contributed by atoms with Crippen molar-refractivity contribution in [2.75, 3.05) is 7.05 Å². The molecule has 0 spiro atoms. The van der Waals surface area contributed by atoms with Crippen molar-refractivity contribution in [3.8, 4) is 0 Å². The number of aromatic nitrogens is 1. The molecule has 0 radical (unpaired) electrons. The summed E-state index contributed by atoms with van der Waals surface area (Å²) in [5, 5.41) is 2.43. The van der Waals surface area contributed by atoms with Gasteiger partial charge in [0.15, 0.2) is 0 Å². The van der Waals surface area contributed by atoms with Crippen LogP contribution >= 0.6 is 0 Å². The van der Waals surface area contributed by atoms with Crippen LogP contribution in [0.25, 0.3) is 0 Å². The van der Waals surface area contributed by atoms with E-state index in [0.717, 1.165) is 19.2 Å². The summed E-state index contributed by atoms with van der Waals surface area (Å²) >= 11 is 0. The van der Waals surface area contributed by atoms with Crippen LogP contribution in [-0.4, -0.2) is 18.0 Å². The fraction of sp³-hybridized carbons (Fsp3) is 0.444. The van der Waals surface area contributed by atoms with Crippen molar-refractivity contribution in [2.45, 2.75) is 18.9 Å². The monoisotopic (exact) mass is 204 g/mol. The van der Waals surface area contributed by atoms with E-state index in [2.05, 4.69) is 10.3 Å². The first-order valence-corrected chi connectivity index (χ1v) is 4.10. The van der Waals surface area contributed by atoms with Gasteiger partial charge in [-0.05, 0) is 18.7 Å². The second-order valence-corrected chi connectivity index (χ2v) is 3.11. The molecule has 1 aromatic heterocycles. The molecule has 1 rings (SSSR count). The Kier molecular flexibility index (Phi) is 3.10. The normalized spacial score (nSPS) is 14.1. The SMILES string of the molecule is CNC(c1cncc(F)c1)C(C)(F)F. The van der Waals surface area contributed by atoms with Crippen molar-refractivity contribution in [3.05, 3.63) is 29.8 Å². The fourth-order valence-corrected chi connectivity index (χ4v) is 1.30. The number of alkyl halides is 2. The van der Waals surface area contributed by atoms with Crippen LogP contribution in [0.4, 0.5) is 13.2 Å². The third-order valence-corrected chi connectivity index (χ3v) is 1.85. The van der Waals surface area contributed by atoms with E-state index in [1.807, 2.05) is 0 Å². The zero-order valence-electron chi connectivity index (χ0n) is 7.89. The number of hydrogen-bond donors (Lipinski definition) is 1. The first-order chi connectivity index (χ1) is 6.45. The van der Waals surface area contributed by atoms with Gasteiger partial charge in [0.1, 0.15) is 5.82 Å². The van der Waals surface area contributed by atoms with Gasteiger partial charge < -0.3 is 5.32 Å². The van der Waals surface area contributed by atoms with Crippen molar-refractivity contribution in [1.29, 1.82) is 0 Å². The van der Waals surface area contributed by atoms with Gasteiger partial charge in [0, 0.05) is 13.1 Å². The molecule has 0 fully saturated rings. The lowest BCUT2D eigenvalue weighted by Gasteiger charge is -2.22. The molecule has 5 heteroatoms. The minimum absolute atomic E-state index is 0.139. The van der Waals surface area contributed by atoms with Gasteiger partial charge in [-0.3, -0.25) is 4.98 Å². The highest BCUT2D eigenvalue weighted by Crippen LogP contribution is 2.29. The predicted molar refractivity (Wildman–Crippen MR) is 46.6 cm³/mol. The first kappa shape index (κ1) is 11.0. The van der Waals surface area contributed by atoms with Gasteiger partial charge >= 0.3 is 0 Å². The van der Waals surface area contributed by atoms with Crippen molar-refractivity contribution >= 4 is 0 Å². The van der Waals surface area contributed by atoms with Gasteiger partial charge in [-0.15, -0.1) is 0 Å². The Morgan fingerprint density at radius 1 is 1.43 bits per heavy atom. The second-order valence-electron chi connectivity index (χ2n) is 3.11. The highest BCUT2D eigenvalue weighted by molar-refractivity contribution is 5.17. The Morgan fingerprint density at radius 3 is 2.50 bits per heavy atom. The minimum Gasteiger partial charge on any atom is -0.308 e. The van der Waals surface area contributed by atoms with Crippen LogP contribution < -0.4 is 5.32 Å². The molecule has 0 aliphatic rings. The average Bonchev–Trinajstić information content (AvgIpc) is 2.02. The summed E-state index contributed by atoms with van der Waals surface area (Å²) < 4.78 is 38.7. The molecule has 0 aromatic carbocycles. The van der Waals surface area contributed by atoms with Crippen LogP contribution in [0.2, 0.25) is 0 Å². The highest BCUT2D eigenvalue weighted by Gasteiger charge is 2.34. The van der Waals surface area contributed by atoms with Gasteiger partial charge in [-0.25, -0.2) is 13.2 Å². The van der Waals surface area contributed by atoms with Gasteiger partial charge in [-0.2, -0.15) is 0 Å². The average molecular weight is 204 g/mol. The zero-order chi connectivity index (χ0) is 10.8. The van der Waals surface area contributed by atoms with E-state index in [4.69, 9.17) is 0 Å². The largest absolute Gasteiger partial charge is 0.308 e. The topological polar surface area (TPSA) is 24.9 Å². The lowest BCUT2D eigenvalue weighted by Crippen LogP contribution is -2.32. The molecule has 2 nitrogen and oxygen atoms in total. The van der Waals surface area contributed by atoms with E-state index < -0.39 is 17.8 Å². The molecule has 0 amide bonds. The lowest BCUT2D eigenvalue weighted by atomic mass is 10.0. The Hall–Kier alpha value is -1.10. The molecule has 0 bridgehead atoms. The van der Waals surface area contributed by atoms with Crippen molar-refractivity contribution in [3.63, 3.8) is 0 Å². The molecule has 78 valence electrons. The molecular weight excluding hydrogens is 193 g/mol. The third kappa shape index (κ3) is 2.45. The van der Waals surface area contributed by atoms with E-state index in [1.54, 1.807) is 0 Å². The predicted octanol–water partition coefficient (Wildman–Crippen LogP) is 2.14. The number of rotatable bonds is 3. The van der Waals surface area contributed by atoms with Gasteiger partial charge in [0.05, 0.1) is 12.2 Å². The van der Waals surface area contributed by atoms with E-state index in [-0.39, 0.29) is 5.56 Å². The molecule has 1 unspecified atom stereocenters. The van der Waals surface area contributed by atoms with Crippen molar-refractivity contribution in [1.82, 2.24) is 10.3 Å². The number of nitrogens with one attached hydrogen (secondary N) is 1. The van der Waals surface area contributed by atoms with Crippen LogP contribution in [0.5, 0.6) is 0 Å². The van der Waals surface area contributed by atoms with E-state index in [1.165, 1.54) is 13.2 Å². The van der Waals surface area contributed by atoms with Gasteiger partial charge in [-0.1, -0.05) is 0 Å². The summed E-state index contributed by atoms with van der Waals surface area (Å²) in [6, 6.07) is -0.170. The molecule has 0 aliphatic heterocycles.